The third-order valence-corrected chi connectivity index (χ3v) is 5.57. The van der Waals surface area contributed by atoms with Crippen molar-refractivity contribution in [1.29, 1.82) is 0 Å². The van der Waals surface area contributed by atoms with E-state index in [1.54, 1.807) is 19.1 Å². The fourth-order valence-corrected chi connectivity index (χ4v) is 3.86. The Morgan fingerprint density at radius 3 is 2.86 bits per heavy atom. The minimum absolute atomic E-state index is 0.00822. The predicted molar refractivity (Wildman–Crippen MR) is 103 cm³/mol. The summed E-state index contributed by atoms with van der Waals surface area (Å²) < 4.78 is 20.0. The van der Waals surface area contributed by atoms with Gasteiger partial charge in [-0.05, 0) is 31.5 Å². The molecule has 152 valence electrons. The topological polar surface area (TPSA) is 97.2 Å². The molecule has 0 saturated carbocycles. The van der Waals surface area contributed by atoms with Crippen LogP contribution >= 0.6 is 11.3 Å². The minimum Gasteiger partial charge on any atom is -0.442 e. The highest BCUT2D eigenvalue weighted by Crippen LogP contribution is 2.31. The zero-order valence-corrected chi connectivity index (χ0v) is 16.6. The summed E-state index contributed by atoms with van der Waals surface area (Å²) in [6, 6.07) is 4.48. The van der Waals surface area contributed by atoms with Crippen molar-refractivity contribution in [2.75, 3.05) is 18.0 Å². The Bertz CT molecular complexity index is 994. The van der Waals surface area contributed by atoms with Crippen LogP contribution < -0.4 is 4.90 Å². The van der Waals surface area contributed by atoms with Gasteiger partial charge in [0.05, 0.1) is 17.9 Å². The van der Waals surface area contributed by atoms with E-state index in [9.17, 15) is 14.0 Å². The Kier molecular flexibility index (Phi) is 5.14. The summed E-state index contributed by atoms with van der Waals surface area (Å²) in [4.78, 5) is 30.7. The van der Waals surface area contributed by atoms with Crippen molar-refractivity contribution in [2.24, 2.45) is 5.16 Å². The van der Waals surface area contributed by atoms with Crippen LogP contribution in [0.15, 0.2) is 23.4 Å². The Hall–Kier alpha value is -3.08. The second-order valence-electron chi connectivity index (χ2n) is 6.77. The van der Waals surface area contributed by atoms with Crippen molar-refractivity contribution >= 4 is 34.7 Å². The molecular formula is C18H18FN5O4S. The summed E-state index contributed by atoms with van der Waals surface area (Å²) in [5.41, 5.74) is 1.33. The quantitative estimate of drug-likeness (QED) is 0.651. The summed E-state index contributed by atoms with van der Waals surface area (Å²) in [6.45, 7) is 3.26. The summed E-state index contributed by atoms with van der Waals surface area (Å²) in [5.74, 6) is -0.879. The maximum absolute atomic E-state index is 14.7. The molecule has 1 saturated heterocycles. The van der Waals surface area contributed by atoms with Gasteiger partial charge in [0.2, 0.25) is 0 Å². The first-order valence-electron chi connectivity index (χ1n) is 9.00. The molecule has 2 amide bonds. The van der Waals surface area contributed by atoms with E-state index in [0.29, 0.717) is 34.8 Å². The number of ether oxygens (including phenoxy) is 1. The molecule has 0 radical (unpaired) electrons. The van der Waals surface area contributed by atoms with Gasteiger partial charge in [-0.15, -0.1) is 15.3 Å². The Labute approximate surface area is 169 Å². The summed E-state index contributed by atoms with van der Waals surface area (Å²) in [6.07, 6.45) is -0.159. The van der Waals surface area contributed by atoms with E-state index in [1.165, 1.54) is 29.2 Å². The number of halogens is 1. The van der Waals surface area contributed by atoms with Crippen LogP contribution in [0.3, 0.4) is 0 Å². The molecule has 0 aliphatic carbocycles. The molecule has 5 rings (SSSR count). The van der Waals surface area contributed by atoms with Gasteiger partial charge in [-0.2, -0.15) is 0 Å². The van der Waals surface area contributed by atoms with Crippen molar-refractivity contribution in [1.82, 2.24) is 15.3 Å². The van der Waals surface area contributed by atoms with Gasteiger partial charge < -0.3 is 4.74 Å². The number of rotatable bonds is 0. The number of hydrogen-bond donors (Lipinski definition) is 0. The van der Waals surface area contributed by atoms with Crippen LogP contribution in [0.2, 0.25) is 0 Å². The molecule has 3 aliphatic rings. The lowest BCUT2D eigenvalue weighted by Gasteiger charge is -2.20. The average molecular weight is 419 g/mol. The average Bonchev–Trinajstić information content (AvgIpc) is 3.29. The zero-order valence-electron chi connectivity index (χ0n) is 15.8. The van der Waals surface area contributed by atoms with E-state index in [0.717, 1.165) is 10.1 Å². The number of aromatic nitrogens is 2. The molecule has 11 heteroatoms. The molecule has 1 fully saturated rings. The fraction of sp³-hybridized carbons (Fsp3) is 0.389. The van der Waals surface area contributed by atoms with Gasteiger partial charge in [0.15, 0.2) is 5.01 Å². The van der Waals surface area contributed by atoms with Crippen molar-refractivity contribution < 1.29 is 23.7 Å². The number of amides is 2. The molecule has 1 aromatic heterocycles. The van der Waals surface area contributed by atoms with Crippen LogP contribution in [0.1, 0.15) is 25.3 Å². The van der Waals surface area contributed by atoms with Crippen LogP contribution in [0.5, 0.6) is 0 Å². The Balaban J connectivity index is 1.71. The molecule has 1 unspecified atom stereocenters. The maximum atomic E-state index is 14.7. The van der Waals surface area contributed by atoms with E-state index in [2.05, 4.69) is 15.4 Å². The number of oxime groups is 1. The first kappa shape index (κ1) is 19.2. The number of fused-ring (bicyclic) bond motifs is 7. The molecule has 3 aliphatic heterocycles. The largest absolute Gasteiger partial charge is 0.442 e. The fourth-order valence-electron chi connectivity index (χ4n) is 2.99. The zero-order chi connectivity index (χ0) is 20.5. The maximum Gasteiger partial charge on any atom is 0.414 e. The third-order valence-electron chi connectivity index (χ3n) is 4.55. The molecule has 0 N–H and O–H groups in total. The predicted octanol–water partition coefficient (Wildman–Crippen LogP) is 2.77. The molecule has 9 nitrogen and oxygen atoms in total. The summed E-state index contributed by atoms with van der Waals surface area (Å²) in [7, 11) is 0. The molecule has 2 aromatic rings. The van der Waals surface area contributed by atoms with Crippen molar-refractivity contribution in [2.45, 2.75) is 32.8 Å². The SMILES string of the molecule is CC(=O)N1CC2CN(C(=O)O2)c2ccc(c(F)c2)-c2nnc(s2)CCC(C)=NO1. The highest BCUT2D eigenvalue weighted by atomic mass is 32.1. The van der Waals surface area contributed by atoms with Gasteiger partial charge in [0.25, 0.3) is 5.91 Å². The van der Waals surface area contributed by atoms with Crippen molar-refractivity contribution in [3.63, 3.8) is 0 Å². The second-order valence-corrected chi connectivity index (χ2v) is 7.83. The number of hydroxylamine groups is 2. The molecule has 29 heavy (non-hydrogen) atoms. The van der Waals surface area contributed by atoms with E-state index in [1.807, 2.05) is 0 Å². The molecule has 6 bridgehead atoms. The van der Waals surface area contributed by atoms with E-state index in [4.69, 9.17) is 9.68 Å². The lowest BCUT2D eigenvalue weighted by molar-refractivity contribution is -0.189. The smallest absolute Gasteiger partial charge is 0.414 e. The number of anilines is 1. The second kappa shape index (κ2) is 7.74. The van der Waals surface area contributed by atoms with E-state index < -0.39 is 18.0 Å². The van der Waals surface area contributed by atoms with Crippen LogP contribution in [0.4, 0.5) is 14.9 Å². The standard InChI is InChI=1S/C18H18FN5O4S/c1-10-3-6-16-20-21-17(29-16)14-5-4-12(7-15(14)19)23-8-13(27-18(23)26)9-24(11(2)25)28-22-10/h4-5,7,13H,3,6,8-9H2,1-2H3. The normalized spacial score (nSPS) is 19.5. The molecular weight excluding hydrogens is 401 g/mol. The number of carbonyl (C=O) groups is 2. The molecule has 4 heterocycles. The number of hydrogen-bond acceptors (Lipinski definition) is 8. The number of benzene rings is 1. The molecule has 1 aromatic carbocycles. The van der Waals surface area contributed by atoms with Crippen LogP contribution in [-0.4, -0.2) is 52.2 Å². The van der Waals surface area contributed by atoms with Gasteiger partial charge in [-0.25, -0.2) is 9.18 Å². The van der Waals surface area contributed by atoms with E-state index >= 15 is 0 Å². The number of nitrogens with zero attached hydrogens (tertiary/aromatic N) is 5. The third kappa shape index (κ3) is 4.04. The summed E-state index contributed by atoms with van der Waals surface area (Å²) in [5, 5.41) is 14.4. The monoisotopic (exact) mass is 419 g/mol. The van der Waals surface area contributed by atoms with Crippen molar-refractivity contribution in [3.8, 4) is 10.6 Å². The van der Waals surface area contributed by atoms with Gasteiger partial charge in [0.1, 0.15) is 23.5 Å². The highest BCUT2D eigenvalue weighted by Gasteiger charge is 2.35. The first-order valence-corrected chi connectivity index (χ1v) is 9.81. The van der Waals surface area contributed by atoms with Gasteiger partial charge >= 0.3 is 6.09 Å². The van der Waals surface area contributed by atoms with Gasteiger partial charge in [-0.1, -0.05) is 16.5 Å². The lowest BCUT2D eigenvalue weighted by Crippen LogP contribution is -2.37. The van der Waals surface area contributed by atoms with Crippen LogP contribution in [0.25, 0.3) is 10.6 Å². The molecule has 1 atom stereocenters. The van der Waals surface area contributed by atoms with Crippen molar-refractivity contribution in [3.05, 3.63) is 29.0 Å². The van der Waals surface area contributed by atoms with E-state index in [-0.39, 0.29) is 19.0 Å². The van der Waals surface area contributed by atoms with Gasteiger partial charge in [0, 0.05) is 18.9 Å². The molecule has 0 spiro atoms. The Morgan fingerprint density at radius 1 is 1.28 bits per heavy atom. The van der Waals surface area contributed by atoms with Crippen LogP contribution in [0, 0.1) is 5.82 Å². The highest BCUT2D eigenvalue weighted by molar-refractivity contribution is 7.14. The lowest BCUT2D eigenvalue weighted by atomic mass is 10.2. The summed E-state index contributed by atoms with van der Waals surface area (Å²) >= 11 is 1.29. The number of aryl methyl sites for hydroxylation is 1. The first-order chi connectivity index (χ1) is 13.9. The number of carbonyl (C=O) groups excluding carboxylic acids is 2. The van der Waals surface area contributed by atoms with Gasteiger partial charge in [-0.3, -0.25) is 14.6 Å². The van der Waals surface area contributed by atoms with Crippen LogP contribution in [-0.2, 0) is 20.9 Å². The Morgan fingerprint density at radius 2 is 2.10 bits per heavy atom. The minimum atomic E-state index is -0.634.